The van der Waals surface area contributed by atoms with E-state index in [2.05, 4.69) is 0 Å². The minimum atomic E-state index is -0.266. The zero-order valence-corrected chi connectivity index (χ0v) is 13.7. The number of nitrogens with one attached hydrogen (secondary N) is 1. The van der Waals surface area contributed by atoms with Gasteiger partial charge in [0.1, 0.15) is 4.83 Å². The molecule has 1 aliphatic rings. The van der Waals surface area contributed by atoms with Crippen molar-refractivity contribution in [3.8, 4) is 0 Å². The molecule has 2 aromatic rings. The van der Waals surface area contributed by atoms with Gasteiger partial charge in [0.2, 0.25) is 0 Å². The van der Waals surface area contributed by atoms with Crippen LogP contribution in [0.15, 0.2) is 9.59 Å². The van der Waals surface area contributed by atoms with Crippen molar-refractivity contribution in [3.63, 3.8) is 0 Å². The first-order chi connectivity index (χ1) is 10.5. The maximum atomic E-state index is 12.8. The summed E-state index contributed by atoms with van der Waals surface area (Å²) in [5.41, 5.74) is 0.267. The Morgan fingerprint density at radius 2 is 2.09 bits per heavy atom. The van der Waals surface area contributed by atoms with Crippen LogP contribution in [0, 0.1) is 18.3 Å². The van der Waals surface area contributed by atoms with E-state index in [4.69, 9.17) is 10.1 Å². The Hall–Kier alpha value is -1.73. The molecule has 7 heteroatoms. The van der Waals surface area contributed by atoms with Crippen molar-refractivity contribution >= 4 is 27.8 Å². The molecule has 0 unspecified atom stereocenters. The van der Waals surface area contributed by atoms with Crippen LogP contribution in [0.2, 0.25) is 0 Å². The molecular formula is C15H19N3O3S. The van der Waals surface area contributed by atoms with E-state index in [0.29, 0.717) is 35.9 Å². The van der Waals surface area contributed by atoms with E-state index in [-0.39, 0.29) is 17.3 Å². The Morgan fingerprint density at radius 1 is 1.41 bits per heavy atom. The predicted octanol–water partition coefficient (Wildman–Crippen LogP) is 1.76. The second-order valence-corrected chi connectivity index (χ2v) is 7.01. The fourth-order valence-corrected chi connectivity index (χ4v) is 3.91. The van der Waals surface area contributed by atoms with Crippen LogP contribution in [-0.4, -0.2) is 28.6 Å². The van der Waals surface area contributed by atoms with E-state index in [1.807, 2.05) is 20.8 Å². The van der Waals surface area contributed by atoms with Crippen LogP contribution in [0.5, 0.6) is 0 Å². The third-order valence-electron chi connectivity index (χ3n) is 4.08. The summed E-state index contributed by atoms with van der Waals surface area (Å²) in [6, 6.07) is -0.198. The van der Waals surface area contributed by atoms with Crippen molar-refractivity contribution in [1.82, 2.24) is 9.13 Å². The van der Waals surface area contributed by atoms with Gasteiger partial charge in [-0.2, -0.15) is 0 Å². The Kier molecular flexibility index (Phi) is 3.78. The summed E-state index contributed by atoms with van der Waals surface area (Å²) < 4.78 is 8.20. The summed E-state index contributed by atoms with van der Waals surface area (Å²) >= 11 is 1.34. The zero-order chi connectivity index (χ0) is 16.0. The number of thiophene rings is 1. The number of hydrogen-bond donors (Lipinski definition) is 1. The molecule has 0 amide bonds. The molecule has 0 aliphatic carbocycles. The van der Waals surface area contributed by atoms with Gasteiger partial charge < -0.3 is 10.1 Å². The molecular weight excluding hydrogens is 302 g/mol. The standard InChI is InChI=1S/C15H19N3O3S/c1-8(2)18-13(19)12-9(3)11(4-16)22-14(12)17(15(18)20)5-10-6-21-7-10/h4,8,10,16H,5-7H2,1-3H3. The van der Waals surface area contributed by atoms with Crippen LogP contribution in [-0.2, 0) is 11.3 Å². The molecule has 2 aromatic heterocycles. The maximum Gasteiger partial charge on any atom is 0.332 e. The lowest BCUT2D eigenvalue weighted by Crippen LogP contribution is -2.43. The Morgan fingerprint density at radius 3 is 2.59 bits per heavy atom. The van der Waals surface area contributed by atoms with Gasteiger partial charge in [-0.25, -0.2) is 4.79 Å². The van der Waals surface area contributed by atoms with Crippen LogP contribution in [0.3, 0.4) is 0 Å². The highest BCUT2D eigenvalue weighted by Crippen LogP contribution is 2.27. The second kappa shape index (κ2) is 5.48. The van der Waals surface area contributed by atoms with Crippen LogP contribution < -0.4 is 11.2 Å². The highest BCUT2D eigenvalue weighted by Gasteiger charge is 2.25. The number of nitrogens with zero attached hydrogens (tertiary/aromatic N) is 2. The van der Waals surface area contributed by atoms with Gasteiger partial charge in [0.15, 0.2) is 0 Å². The first-order valence-electron chi connectivity index (χ1n) is 7.32. The minimum absolute atomic E-state index is 0.198. The van der Waals surface area contributed by atoms with Gasteiger partial charge in [-0.15, -0.1) is 11.3 Å². The second-order valence-electron chi connectivity index (χ2n) is 5.98. The lowest BCUT2D eigenvalue weighted by Gasteiger charge is -2.27. The SMILES string of the molecule is Cc1c(C=N)sc2c1c(=O)n(C(C)C)c(=O)n2CC1COC1. The molecule has 1 N–H and O–H groups in total. The molecule has 1 fully saturated rings. The molecule has 1 saturated heterocycles. The summed E-state index contributed by atoms with van der Waals surface area (Å²) in [5.74, 6) is 0.310. The summed E-state index contributed by atoms with van der Waals surface area (Å²) in [4.78, 5) is 26.9. The lowest BCUT2D eigenvalue weighted by atomic mass is 10.1. The monoisotopic (exact) mass is 321 g/mol. The van der Waals surface area contributed by atoms with E-state index in [9.17, 15) is 9.59 Å². The topological polar surface area (TPSA) is 77.1 Å². The number of fused-ring (bicyclic) bond motifs is 1. The van der Waals surface area contributed by atoms with Crippen molar-refractivity contribution in [2.45, 2.75) is 33.4 Å². The first kappa shape index (κ1) is 15.2. The Balaban J connectivity index is 2.37. The number of hydrogen-bond acceptors (Lipinski definition) is 5. The van der Waals surface area contributed by atoms with Gasteiger partial charge in [-0.3, -0.25) is 13.9 Å². The molecule has 0 spiro atoms. The number of rotatable bonds is 4. The molecule has 6 nitrogen and oxygen atoms in total. The third-order valence-corrected chi connectivity index (χ3v) is 5.34. The predicted molar refractivity (Wildman–Crippen MR) is 87.7 cm³/mol. The third kappa shape index (κ3) is 2.16. The first-order valence-corrected chi connectivity index (χ1v) is 8.14. The van der Waals surface area contributed by atoms with E-state index in [0.717, 1.165) is 10.4 Å². The van der Waals surface area contributed by atoms with Crippen molar-refractivity contribution in [2.75, 3.05) is 13.2 Å². The van der Waals surface area contributed by atoms with Gasteiger partial charge >= 0.3 is 5.69 Å². The van der Waals surface area contributed by atoms with Gasteiger partial charge in [0, 0.05) is 24.7 Å². The average molecular weight is 321 g/mol. The van der Waals surface area contributed by atoms with E-state index >= 15 is 0 Å². The summed E-state index contributed by atoms with van der Waals surface area (Å²) in [5, 5.41) is 8.07. The summed E-state index contributed by atoms with van der Waals surface area (Å²) in [7, 11) is 0. The Labute approximate surface area is 131 Å². The molecule has 3 rings (SSSR count). The van der Waals surface area contributed by atoms with E-state index < -0.39 is 0 Å². The number of aryl methyl sites for hydroxylation is 1. The van der Waals surface area contributed by atoms with Crippen LogP contribution in [0.1, 0.15) is 30.3 Å². The van der Waals surface area contributed by atoms with Gasteiger partial charge in [-0.1, -0.05) is 0 Å². The fraction of sp³-hybridized carbons (Fsp3) is 0.533. The maximum absolute atomic E-state index is 12.8. The highest BCUT2D eigenvalue weighted by atomic mass is 32.1. The van der Waals surface area contributed by atoms with E-state index in [1.54, 1.807) is 4.57 Å². The smallest absolute Gasteiger partial charge is 0.332 e. The largest absolute Gasteiger partial charge is 0.381 e. The molecule has 0 saturated carbocycles. The molecule has 0 bridgehead atoms. The number of aromatic nitrogens is 2. The molecule has 3 heterocycles. The van der Waals surface area contributed by atoms with Gasteiger partial charge in [-0.05, 0) is 26.3 Å². The van der Waals surface area contributed by atoms with Crippen LogP contribution >= 0.6 is 11.3 Å². The van der Waals surface area contributed by atoms with Gasteiger partial charge in [0.05, 0.1) is 23.5 Å². The number of ether oxygens (including phenoxy) is 1. The van der Waals surface area contributed by atoms with Crippen molar-refractivity contribution in [1.29, 1.82) is 5.41 Å². The van der Waals surface area contributed by atoms with Crippen LogP contribution in [0.25, 0.3) is 10.2 Å². The highest BCUT2D eigenvalue weighted by molar-refractivity contribution is 7.20. The van der Waals surface area contributed by atoms with E-state index in [1.165, 1.54) is 22.1 Å². The molecule has 22 heavy (non-hydrogen) atoms. The quantitative estimate of drug-likeness (QED) is 0.872. The minimum Gasteiger partial charge on any atom is -0.381 e. The fourth-order valence-electron chi connectivity index (χ4n) is 2.78. The summed E-state index contributed by atoms with van der Waals surface area (Å²) in [6.07, 6.45) is 1.25. The molecule has 0 aromatic carbocycles. The normalized spacial score (nSPS) is 15.5. The Bertz CT molecular complexity index is 856. The van der Waals surface area contributed by atoms with Crippen molar-refractivity contribution in [3.05, 3.63) is 31.3 Å². The molecule has 0 atom stereocenters. The lowest BCUT2D eigenvalue weighted by molar-refractivity contribution is -0.0395. The molecule has 1 aliphatic heterocycles. The van der Waals surface area contributed by atoms with Crippen molar-refractivity contribution < 1.29 is 4.74 Å². The molecule has 118 valence electrons. The van der Waals surface area contributed by atoms with Gasteiger partial charge in [0.25, 0.3) is 5.56 Å². The molecule has 0 radical (unpaired) electrons. The van der Waals surface area contributed by atoms with Crippen molar-refractivity contribution in [2.24, 2.45) is 5.92 Å². The summed E-state index contributed by atoms with van der Waals surface area (Å²) in [6.45, 7) is 7.37. The average Bonchev–Trinajstić information content (AvgIpc) is 2.73. The zero-order valence-electron chi connectivity index (χ0n) is 12.9. The van der Waals surface area contributed by atoms with Crippen LogP contribution in [0.4, 0.5) is 0 Å².